The Morgan fingerprint density at radius 1 is 1.64 bits per heavy atom. The molecule has 1 aliphatic heterocycles. The van der Waals surface area contributed by atoms with Crippen LogP contribution in [0.5, 0.6) is 0 Å². The average molecular weight is 200 g/mol. The molecule has 0 aromatic heterocycles. The van der Waals surface area contributed by atoms with Crippen molar-refractivity contribution in [2.45, 2.75) is 51.3 Å². The Morgan fingerprint density at radius 3 is 2.79 bits per heavy atom. The second-order valence-electron chi connectivity index (χ2n) is 4.60. The summed E-state index contributed by atoms with van der Waals surface area (Å²) in [5.41, 5.74) is 5.35. The zero-order chi connectivity index (χ0) is 10.8. The van der Waals surface area contributed by atoms with E-state index in [0.717, 1.165) is 12.8 Å². The summed E-state index contributed by atoms with van der Waals surface area (Å²) in [7, 11) is 0. The van der Waals surface area contributed by atoms with Crippen molar-refractivity contribution in [1.29, 1.82) is 0 Å². The summed E-state index contributed by atoms with van der Waals surface area (Å²) < 4.78 is 5.56. The van der Waals surface area contributed by atoms with E-state index in [9.17, 15) is 4.79 Å². The Labute approximate surface area is 85.2 Å². The second-order valence-corrected chi connectivity index (χ2v) is 4.60. The van der Waals surface area contributed by atoms with Crippen LogP contribution in [0.4, 0.5) is 0 Å². The molecule has 0 radical (unpaired) electrons. The lowest BCUT2D eigenvalue weighted by Crippen LogP contribution is -2.49. The van der Waals surface area contributed by atoms with Crippen LogP contribution in [0, 0.1) is 0 Å². The molecule has 4 nitrogen and oxygen atoms in total. The molecule has 0 bridgehead atoms. The van der Waals surface area contributed by atoms with Crippen molar-refractivity contribution in [3.05, 3.63) is 0 Å². The molecule has 14 heavy (non-hydrogen) atoms. The summed E-state index contributed by atoms with van der Waals surface area (Å²) in [6.45, 7) is 6.48. The smallest absolute Gasteiger partial charge is 0.236 e. The summed E-state index contributed by atoms with van der Waals surface area (Å²) >= 11 is 0. The molecular formula is C10H20N2O2. The molecule has 82 valence electrons. The Bertz CT molecular complexity index is 214. The first-order valence-electron chi connectivity index (χ1n) is 5.11. The topological polar surface area (TPSA) is 64.4 Å². The van der Waals surface area contributed by atoms with Crippen LogP contribution in [0.25, 0.3) is 0 Å². The number of ether oxygens (including phenoxy) is 1. The molecule has 3 N–H and O–H groups in total. The number of nitrogens with one attached hydrogen (secondary N) is 1. The lowest BCUT2D eigenvalue weighted by atomic mass is 9.94. The Hall–Kier alpha value is -0.610. The highest BCUT2D eigenvalue weighted by Crippen LogP contribution is 2.23. The maximum absolute atomic E-state index is 11.3. The van der Waals surface area contributed by atoms with E-state index < -0.39 is 6.04 Å². The standard InChI is InChI=1S/C10H20N2O2/c1-7(11)9(13)12-8-4-5-14-10(2,3)6-8/h7-8H,4-6,11H2,1-3H3,(H,12,13)/t7-,8?/m1/s1. The highest BCUT2D eigenvalue weighted by atomic mass is 16.5. The molecule has 1 saturated heterocycles. The number of carbonyl (C=O) groups is 1. The van der Waals surface area contributed by atoms with Crippen molar-refractivity contribution in [1.82, 2.24) is 5.32 Å². The summed E-state index contributed by atoms with van der Waals surface area (Å²) in [5.74, 6) is -0.0762. The van der Waals surface area contributed by atoms with Gasteiger partial charge < -0.3 is 15.8 Å². The van der Waals surface area contributed by atoms with E-state index in [2.05, 4.69) is 5.32 Å². The van der Waals surface area contributed by atoms with Gasteiger partial charge in [0.05, 0.1) is 11.6 Å². The molecular weight excluding hydrogens is 180 g/mol. The average Bonchev–Trinajstić information content (AvgIpc) is 2.01. The van der Waals surface area contributed by atoms with Crippen LogP contribution in [-0.2, 0) is 9.53 Å². The van der Waals surface area contributed by atoms with Gasteiger partial charge in [-0.2, -0.15) is 0 Å². The first-order chi connectivity index (χ1) is 6.41. The van der Waals surface area contributed by atoms with Crippen LogP contribution in [0.2, 0.25) is 0 Å². The van der Waals surface area contributed by atoms with Crippen molar-refractivity contribution < 1.29 is 9.53 Å². The third-order valence-corrected chi connectivity index (χ3v) is 2.46. The van der Waals surface area contributed by atoms with Gasteiger partial charge in [0.2, 0.25) is 5.91 Å². The van der Waals surface area contributed by atoms with Gasteiger partial charge >= 0.3 is 0 Å². The van der Waals surface area contributed by atoms with Gasteiger partial charge in [-0.3, -0.25) is 4.79 Å². The van der Waals surface area contributed by atoms with Gasteiger partial charge in [-0.25, -0.2) is 0 Å². The number of amides is 1. The summed E-state index contributed by atoms with van der Waals surface area (Å²) in [6.07, 6.45) is 1.73. The zero-order valence-electron chi connectivity index (χ0n) is 9.17. The Balaban J connectivity index is 2.42. The zero-order valence-corrected chi connectivity index (χ0v) is 9.17. The predicted molar refractivity (Wildman–Crippen MR) is 54.8 cm³/mol. The third kappa shape index (κ3) is 3.27. The first kappa shape index (κ1) is 11.5. The Morgan fingerprint density at radius 2 is 2.29 bits per heavy atom. The van der Waals surface area contributed by atoms with E-state index in [1.165, 1.54) is 0 Å². The van der Waals surface area contributed by atoms with Crippen LogP contribution in [0.1, 0.15) is 33.6 Å². The van der Waals surface area contributed by atoms with Crippen LogP contribution >= 0.6 is 0 Å². The van der Waals surface area contributed by atoms with Gasteiger partial charge in [-0.05, 0) is 33.6 Å². The molecule has 0 aromatic carbocycles. The van der Waals surface area contributed by atoms with Gasteiger partial charge in [-0.1, -0.05) is 0 Å². The van der Waals surface area contributed by atoms with Gasteiger partial charge in [0, 0.05) is 12.6 Å². The van der Waals surface area contributed by atoms with E-state index in [1.54, 1.807) is 6.92 Å². The molecule has 0 spiro atoms. The van der Waals surface area contributed by atoms with Crippen molar-refractivity contribution >= 4 is 5.91 Å². The highest BCUT2D eigenvalue weighted by Gasteiger charge is 2.29. The summed E-state index contributed by atoms with van der Waals surface area (Å²) in [4.78, 5) is 11.3. The van der Waals surface area contributed by atoms with Crippen molar-refractivity contribution in [2.24, 2.45) is 5.73 Å². The van der Waals surface area contributed by atoms with Crippen LogP contribution in [0.15, 0.2) is 0 Å². The quantitative estimate of drug-likeness (QED) is 0.678. The molecule has 0 aliphatic carbocycles. The molecule has 1 aliphatic rings. The molecule has 1 unspecified atom stereocenters. The SMILES string of the molecule is C[C@@H](N)C(=O)NC1CCOC(C)(C)C1. The first-order valence-corrected chi connectivity index (χ1v) is 5.11. The highest BCUT2D eigenvalue weighted by molar-refractivity contribution is 5.81. The normalized spacial score (nSPS) is 28.1. The predicted octanol–water partition coefficient (Wildman–Crippen LogP) is 0.407. The maximum Gasteiger partial charge on any atom is 0.236 e. The van der Waals surface area contributed by atoms with E-state index in [0.29, 0.717) is 6.61 Å². The van der Waals surface area contributed by atoms with Crippen LogP contribution in [0.3, 0.4) is 0 Å². The van der Waals surface area contributed by atoms with Gasteiger partial charge in [0.25, 0.3) is 0 Å². The number of nitrogens with two attached hydrogens (primary N) is 1. The van der Waals surface area contributed by atoms with Gasteiger partial charge in [0.15, 0.2) is 0 Å². The second kappa shape index (κ2) is 4.28. The van der Waals surface area contributed by atoms with Crippen LogP contribution < -0.4 is 11.1 Å². The molecule has 2 atom stereocenters. The third-order valence-electron chi connectivity index (χ3n) is 2.46. The van der Waals surface area contributed by atoms with Crippen LogP contribution in [-0.4, -0.2) is 30.2 Å². The number of hydrogen-bond acceptors (Lipinski definition) is 3. The fraction of sp³-hybridized carbons (Fsp3) is 0.900. The Kier molecular flexibility index (Phi) is 3.50. The molecule has 1 rings (SSSR count). The van der Waals surface area contributed by atoms with Gasteiger partial charge in [0.1, 0.15) is 0 Å². The van der Waals surface area contributed by atoms with Crippen molar-refractivity contribution in [3.63, 3.8) is 0 Å². The molecule has 0 saturated carbocycles. The van der Waals surface area contributed by atoms with E-state index in [4.69, 9.17) is 10.5 Å². The summed E-state index contributed by atoms with van der Waals surface area (Å²) in [6, 6.07) is -0.224. The largest absolute Gasteiger partial charge is 0.375 e. The molecule has 1 amide bonds. The van der Waals surface area contributed by atoms with E-state index in [-0.39, 0.29) is 17.6 Å². The van der Waals surface area contributed by atoms with E-state index in [1.807, 2.05) is 13.8 Å². The lowest BCUT2D eigenvalue weighted by molar-refractivity contribution is -0.125. The minimum atomic E-state index is -0.430. The monoisotopic (exact) mass is 200 g/mol. The summed E-state index contributed by atoms with van der Waals surface area (Å²) in [5, 5.41) is 2.93. The lowest BCUT2D eigenvalue weighted by Gasteiger charge is -2.36. The minimum absolute atomic E-state index is 0.0762. The fourth-order valence-corrected chi connectivity index (χ4v) is 1.69. The molecule has 4 heteroatoms. The molecule has 0 aromatic rings. The molecule has 1 fully saturated rings. The van der Waals surface area contributed by atoms with Crippen molar-refractivity contribution in [3.8, 4) is 0 Å². The fourth-order valence-electron chi connectivity index (χ4n) is 1.69. The van der Waals surface area contributed by atoms with Crippen molar-refractivity contribution in [2.75, 3.05) is 6.61 Å². The minimum Gasteiger partial charge on any atom is -0.375 e. The van der Waals surface area contributed by atoms with E-state index >= 15 is 0 Å². The molecule has 1 heterocycles. The van der Waals surface area contributed by atoms with Gasteiger partial charge in [-0.15, -0.1) is 0 Å². The number of rotatable bonds is 2. The maximum atomic E-state index is 11.3. The number of hydrogen-bond donors (Lipinski definition) is 2. The number of carbonyl (C=O) groups excluding carboxylic acids is 1.